The fraction of sp³-hybridized carbons (Fsp3) is 0.222. The maximum atomic E-state index is 10.8. The Kier molecular flexibility index (Phi) is 3.56. The molecule has 2 amide bonds. The molecule has 3 N–H and O–H groups in total. The largest absolute Gasteiger partial charge is 0.361 e. The molecule has 0 aromatic carbocycles. The van der Waals surface area contributed by atoms with Gasteiger partial charge in [0.25, 0.3) is 0 Å². The van der Waals surface area contributed by atoms with Crippen LogP contribution >= 0.6 is 11.3 Å². The summed E-state index contributed by atoms with van der Waals surface area (Å²) in [5.41, 5.74) is 7.46. The summed E-state index contributed by atoms with van der Waals surface area (Å²) in [6, 6.07) is 3.85. The maximum absolute atomic E-state index is 10.8. The Morgan fingerprint density at radius 2 is 2.13 bits per heavy atom. The van der Waals surface area contributed by atoms with E-state index in [1.165, 1.54) is 0 Å². The number of nitrogens with two attached hydrogens (primary N) is 1. The summed E-state index contributed by atoms with van der Waals surface area (Å²) >= 11 is 1.56. The molecule has 0 aliphatic heterocycles. The molecule has 0 fully saturated rings. The van der Waals surface area contributed by atoms with Gasteiger partial charge >= 0.3 is 11.8 Å². The zero-order valence-corrected chi connectivity index (χ0v) is 9.22. The lowest BCUT2D eigenvalue weighted by Gasteiger charge is -1.97. The van der Waals surface area contributed by atoms with E-state index in [2.05, 4.69) is 10.5 Å². The maximum Gasteiger partial charge on any atom is 0.329 e. The summed E-state index contributed by atoms with van der Waals surface area (Å²) in [4.78, 5) is 23.3. The van der Waals surface area contributed by atoms with E-state index in [1.807, 2.05) is 19.1 Å². The third-order valence-electron chi connectivity index (χ3n) is 1.65. The van der Waals surface area contributed by atoms with Crippen LogP contribution in [0, 0.1) is 6.92 Å². The van der Waals surface area contributed by atoms with E-state index in [4.69, 9.17) is 5.73 Å². The van der Waals surface area contributed by atoms with Gasteiger partial charge in [0, 0.05) is 4.88 Å². The number of nitrogens with zero attached hydrogens (tertiary/aromatic N) is 1. The minimum Gasteiger partial charge on any atom is -0.361 e. The first-order chi connectivity index (χ1) is 7.00. The first-order valence-corrected chi connectivity index (χ1v) is 5.03. The van der Waals surface area contributed by atoms with Crippen LogP contribution in [0.3, 0.4) is 0 Å². The predicted octanol–water partition coefficient (Wildman–Crippen LogP) is 0.382. The van der Waals surface area contributed by atoms with E-state index in [0.717, 1.165) is 9.75 Å². The van der Waals surface area contributed by atoms with Gasteiger partial charge in [0.15, 0.2) is 0 Å². The van der Waals surface area contributed by atoms with E-state index in [9.17, 15) is 9.59 Å². The first-order valence-electron chi connectivity index (χ1n) is 4.21. The van der Waals surface area contributed by atoms with Crippen LogP contribution < -0.4 is 11.2 Å². The molecule has 0 aliphatic rings. The second kappa shape index (κ2) is 4.70. The molecule has 0 unspecified atom stereocenters. The van der Waals surface area contributed by atoms with Crippen LogP contribution in [0.4, 0.5) is 0 Å². The fourth-order valence-corrected chi connectivity index (χ4v) is 1.69. The van der Waals surface area contributed by atoms with Crippen molar-refractivity contribution >= 4 is 28.9 Å². The van der Waals surface area contributed by atoms with Crippen molar-refractivity contribution in [2.75, 3.05) is 0 Å². The number of primary amides is 1. The molecular weight excluding hydrogens is 214 g/mol. The quantitative estimate of drug-likeness (QED) is 0.433. The average Bonchev–Trinajstić information content (AvgIpc) is 2.60. The summed E-state index contributed by atoms with van der Waals surface area (Å²) < 4.78 is 0. The normalized spacial score (nSPS) is 11.2. The SMILES string of the molecule is CC(=NNC(=O)C(N)=O)c1ccc(C)s1. The number of carbonyl (C=O) groups excluding carboxylic acids is 2. The number of thiophene rings is 1. The van der Waals surface area contributed by atoms with Gasteiger partial charge in [0.05, 0.1) is 10.6 Å². The predicted molar refractivity (Wildman–Crippen MR) is 58.6 cm³/mol. The van der Waals surface area contributed by atoms with E-state index >= 15 is 0 Å². The van der Waals surface area contributed by atoms with Gasteiger partial charge in [0.1, 0.15) is 0 Å². The van der Waals surface area contributed by atoms with E-state index in [1.54, 1.807) is 18.3 Å². The van der Waals surface area contributed by atoms with Crippen LogP contribution in [-0.2, 0) is 9.59 Å². The molecule has 5 nitrogen and oxygen atoms in total. The van der Waals surface area contributed by atoms with Gasteiger partial charge in [-0.15, -0.1) is 11.3 Å². The van der Waals surface area contributed by atoms with Crippen molar-refractivity contribution in [1.82, 2.24) is 5.43 Å². The fourth-order valence-electron chi connectivity index (χ4n) is 0.874. The Morgan fingerprint density at radius 3 is 2.60 bits per heavy atom. The van der Waals surface area contributed by atoms with Crippen LogP contribution in [0.1, 0.15) is 16.7 Å². The van der Waals surface area contributed by atoms with Crippen molar-refractivity contribution in [3.05, 3.63) is 21.9 Å². The second-order valence-corrected chi connectivity index (χ2v) is 4.20. The van der Waals surface area contributed by atoms with Gasteiger partial charge in [-0.3, -0.25) is 9.59 Å². The van der Waals surface area contributed by atoms with Gasteiger partial charge in [-0.25, -0.2) is 5.43 Å². The Morgan fingerprint density at radius 1 is 1.47 bits per heavy atom. The van der Waals surface area contributed by atoms with Gasteiger partial charge in [-0.05, 0) is 26.0 Å². The van der Waals surface area contributed by atoms with Crippen molar-refractivity contribution < 1.29 is 9.59 Å². The average molecular weight is 225 g/mol. The molecule has 0 saturated heterocycles. The number of hydrogen-bond acceptors (Lipinski definition) is 4. The first kappa shape index (κ1) is 11.4. The van der Waals surface area contributed by atoms with Crippen LogP contribution in [0.5, 0.6) is 0 Å². The van der Waals surface area contributed by atoms with E-state index < -0.39 is 11.8 Å². The summed E-state index contributed by atoms with van der Waals surface area (Å²) in [5.74, 6) is -1.96. The van der Waals surface area contributed by atoms with Gasteiger partial charge in [0.2, 0.25) is 0 Å². The second-order valence-electron chi connectivity index (χ2n) is 2.91. The van der Waals surface area contributed by atoms with Gasteiger partial charge in [-0.2, -0.15) is 5.10 Å². The van der Waals surface area contributed by atoms with Crippen molar-refractivity contribution in [2.24, 2.45) is 10.8 Å². The molecule has 1 aromatic rings. The summed E-state index contributed by atoms with van der Waals surface area (Å²) in [7, 11) is 0. The molecule has 0 aliphatic carbocycles. The third kappa shape index (κ3) is 3.17. The summed E-state index contributed by atoms with van der Waals surface area (Å²) in [6.45, 7) is 3.72. The number of rotatable bonds is 2. The van der Waals surface area contributed by atoms with Crippen molar-refractivity contribution in [2.45, 2.75) is 13.8 Å². The Hall–Kier alpha value is -1.69. The van der Waals surface area contributed by atoms with Crippen molar-refractivity contribution in [1.29, 1.82) is 0 Å². The molecule has 0 atom stereocenters. The number of hydrogen-bond donors (Lipinski definition) is 2. The molecule has 0 radical (unpaired) electrons. The van der Waals surface area contributed by atoms with Crippen LogP contribution in [0.2, 0.25) is 0 Å². The molecule has 1 rings (SSSR count). The Balaban J connectivity index is 2.69. The molecule has 15 heavy (non-hydrogen) atoms. The molecule has 0 spiro atoms. The van der Waals surface area contributed by atoms with Gasteiger partial charge in [-0.1, -0.05) is 0 Å². The minimum atomic E-state index is -1.05. The van der Waals surface area contributed by atoms with Crippen LogP contribution in [0.25, 0.3) is 0 Å². The highest BCUT2D eigenvalue weighted by Gasteiger charge is 2.07. The van der Waals surface area contributed by atoms with E-state index in [0.29, 0.717) is 5.71 Å². The smallest absolute Gasteiger partial charge is 0.329 e. The van der Waals surface area contributed by atoms with E-state index in [-0.39, 0.29) is 0 Å². The van der Waals surface area contributed by atoms with Crippen LogP contribution in [-0.4, -0.2) is 17.5 Å². The lowest BCUT2D eigenvalue weighted by molar-refractivity contribution is -0.137. The third-order valence-corrected chi connectivity index (χ3v) is 2.76. The molecule has 1 heterocycles. The highest BCUT2D eigenvalue weighted by atomic mass is 32.1. The molecule has 6 heteroatoms. The Bertz CT molecular complexity index is 423. The standard InChI is InChI=1S/C9H11N3O2S/c1-5-3-4-7(15-5)6(2)11-12-9(14)8(10)13/h3-4H,1-2H3,(H2,10,13)(H,12,14). The number of nitrogens with one attached hydrogen (secondary N) is 1. The molecule has 1 aromatic heterocycles. The number of hydrazone groups is 1. The highest BCUT2D eigenvalue weighted by molar-refractivity contribution is 7.14. The van der Waals surface area contributed by atoms with Crippen LogP contribution in [0.15, 0.2) is 17.2 Å². The zero-order chi connectivity index (χ0) is 11.4. The number of aryl methyl sites for hydroxylation is 1. The highest BCUT2D eigenvalue weighted by Crippen LogP contribution is 2.15. The summed E-state index contributed by atoms with van der Waals surface area (Å²) in [5, 5.41) is 3.76. The topological polar surface area (TPSA) is 84.6 Å². The lowest BCUT2D eigenvalue weighted by atomic mass is 10.3. The lowest BCUT2D eigenvalue weighted by Crippen LogP contribution is -2.33. The molecular formula is C9H11N3O2S. The van der Waals surface area contributed by atoms with Crippen molar-refractivity contribution in [3.63, 3.8) is 0 Å². The Labute approximate surface area is 91.0 Å². The number of carbonyl (C=O) groups is 2. The molecule has 80 valence electrons. The monoisotopic (exact) mass is 225 g/mol. The van der Waals surface area contributed by atoms with Gasteiger partial charge < -0.3 is 5.73 Å². The molecule has 0 saturated carbocycles. The van der Waals surface area contributed by atoms with Crippen molar-refractivity contribution in [3.8, 4) is 0 Å². The zero-order valence-electron chi connectivity index (χ0n) is 8.40. The minimum absolute atomic E-state index is 0.641. The molecule has 0 bridgehead atoms. The number of amides is 2. The summed E-state index contributed by atoms with van der Waals surface area (Å²) in [6.07, 6.45) is 0.